The number of amidine groups is 1. The van der Waals surface area contributed by atoms with E-state index < -0.39 is 25.4 Å². The van der Waals surface area contributed by atoms with Crippen molar-refractivity contribution in [3.8, 4) is 0 Å². The van der Waals surface area contributed by atoms with E-state index in [9.17, 15) is 18.9 Å². The number of anilines is 2. The number of nitrogens with one attached hydrogen (secondary N) is 1. The fraction of sp³-hybridized carbons (Fsp3) is 0.391. The molecule has 1 fully saturated rings. The minimum atomic E-state index is -3.64. The largest absolute Gasteiger partial charge is 0.387 e. The molecule has 32 heavy (non-hydrogen) atoms. The number of hydrogen-bond donors (Lipinski definition) is 2. The van der Waals surface area contributed by atoms with E-state index in [1.165, 1.54) is 18.2 Å². The van der Waals surface area contributed by atoms with Crippen LogP contribution in [-0.2, 0) is 13.9 Å². The van der Waals surface area contributed by atoms with Gasteiger partial charge in [-0.15, -0.1) is 0 Å². The summed E-state index contributed by atoms with van der Waals surface area (Å²) in [6.07, 6.45) is 1.79. The molecule has 0 bridgehead atoms. The molecular weight excluding hydrogens is 432 g/mol. The zero-order chi connectivity index (χ0) is 22.5. The molecule has 3 unspecified atom stereocenters. The molecule has 9 heteroatoms. The van der Waals surface area contributed by atoms with E-state index in [0.717, 1.165) is 19.3 Å². The Kier molecular flexibility index (Phi) is 5.40. The summed E-state index contributed by atoms with van der Waals surface area (Å²) in [6.45, 7) is 2.36. The highest BCUT2D eigenvalue weighted by atomic mass is 31.2. The number of aliphatic hydroxyl groups is 1. The number of amides is 1. The molecule has 1 aliphatic carbocycles. The molecule has 0 spiro atoms. The first-order chi connectivity index (χ1) is 15.4. The van der Waals surface area contributed by atoms with Gasteiger partial charge in [0, 0.05) is 17.8 Å². The van der Waals surface area contributed by atoms with E-state index in [1.54, 1.807) is 36.1 Å². The first-order valence-corrected chi connectivity index (χ1v) is 12.5. The molecule has 1 amide bonds. The Morgan fingerprint density at radius 2 is 2.06 bits per heavy atom. The highest BCUT2D eigenvalue weighted by molar-refractivity contribution is 7.66. The molecular formula is C23H25FN3O4P. The van der Waals surface area contributed by atoms with Gasteiger partial charge in [-0.05, 0) is 49.6 Å². The minimum Gasteiger partial charge on any atom is -0.387 e. The van der Waals surface area contributed by atoms with Crippen molar-refractivity contribution in [2.45, 2.75) is 32.3 Å². The van der Waals surface area contributed by atoms with Gasteiger partial charge in [-0.1, -0.05) is 25.0 Å². The zero-order valence-electron chi connectivity index (χ0n) is 17.7. The molecule has 3 atom stereocenters. The van der Waals surface area contributed by atoms with Gasteiger partial charge in [-0.3, -0.25) is 9.36 Å². The molecule has 0 aromatic heterocycles. The van der Waals surface area contributed by atoms with Gasteiger partial charge in [-0.25, -0.2) is 4.39 Å². The predicted octanol–water partition coefficient (Wildman–Crippen LogP) is 4.00. The summed E-state index contributed by atoms with van der Waals surface area (Å²) >= 11 is 0. The fourth-order valence-corrected chi connectivity index (χ4v) is 6.24. The van der Waals surface area contributed by atoms with E-state index in [1.807, 2.05) is 0 Å². The van der Waals surface area contributed by atoms with Gasteiger partial charge in [0.05, 0.1) is 23.7 Å². The number of aliphatic hydroxyl groups excluding tert-OH is 1. The zero-order valence-corrected chi connectivity index (χ0v) is 18.6. The first-order valence-electron chi connectivity index (χ1n) is 10.9. The van der Waals surface area contributed by atoms with Crippen molar-refractivity contribution in [2.24, 2.45) is 16.6 Å². The highest BCUT2D eigenvalue weighted by Gasteiger charge is 2.46. The van der Waals surface area contributed by atoms with Crippen molar-refractivity contribution in [1.82, 2.24) is 0 Å². The molecule has 2 heterocycles. The van der Waals surface area contributed by atoms with Crippen molar-refractivity contribution < 1.29 is 23.4 Å². The molecule has 2 aromatic rings. The lowest BCUT2D eigenvalue weighted by Gasteiger charge is -2.39. The van der Waals surface area contributed by atoms with Crippen LogP contribution in [0.3, 0.4) is 0 Å². The molecule has 5 rings (SSSR count). The maximum Gasteiger partial charge on any atom is 0.348 e. The Labute approximate surface area is 185 Å². The van der Waals surface area contributed by atoms with E-state index in [0.29, 0.717) is 34.7 Å². The number of para-hydroxylation sites is 1. The Bertz CT molecular complexity index is 1150. The average molecular weight is 457 g/mol. The van der Waals surface area contributed by atoms with Crippen molar-refractivity contribution in [3.05, 3.63) is 53.8 Å². The third-order valence-corrected chi connectivity index (χ3v) is 8.30. The molecule has 0 saturated heterocycles. The number of halogens is 1. The summed E-state index contributed by atoms with van der Waals surface area (Å²) in [5.41, 5.74) is 1.34. The third-order valence-electron chi connectivity index (χ3n) is 6.21. The number of fused-ring (bicyclic) bond motifs is 2. The summed E-state index contributed by atoms with van der Waals surface area (Å²) in [7, 11) is -3.64. The second-order valence-electron chi connectivity index (χ2n) is 8.41. The molecule has 2 aromatic carbocycles. The Hall–Kier alpha value is -2.54. The molecule has 3 aliphatic rings. The van der Waals surface area contributed by atoms with E-state index in [-0.39, 0.29) is 18.3 Å². The number of benzene rings is 2. The monoisotopic (exact) mass is 457 g/mol. The van der Waals surface area contributed by atoms with Crippen LogP contribution in [0.1, 0.15) is 37.9 Å². The molecule has 2 aliphatic heterocycles. The van der Waals surface area contributed by atoms with E-state index >= 15 is 0 Å². The van der Waals surface area contributed by atoms with Gasteiger partial charge in [-0.2, -0.15) is 4.76 Å². The van der Waals surface area contributed by atoms with Crippen LogP contribution in [0.15, 0.2) is 47.2 Å². The van der Waals surface area contributed by atoms with Crippen LogP contribution in [0.2, 0.25) is 0 Å². The van der Waals surface area contributed by atoms with Gasteiger partial charge in [0.1, 0.15) is 17.6 Å². The van der Waals surface area contributed by atoms with Crippen LogP contribution in [0, 0.1) is 17.7 Å². The number of carbonyl (C=O) groups excluding carboxylic acids is 1. The fourth-order valence-electron chi connectivity index (χ4n) is 4.42. The summed E-state index contributed by atoms with van der Waals surface area (Å²) < 4.78 is 37.6. The summed E-state index contributed by atoms with van der Waals surface area (Å²) in [4.78, 5) is 15.2. The van der Waals surface area contributed by atoms with Gasteiger partial charge in [0.15, 0.2) is 0 Å². The number of hydrogen-bond acceptors (Lipinski definition) is 5. The lowest BCUT2D eigenvalue weighted by molar-refractivity contribution is -0.124. The summed E-state index contributed by atoms with van der Waals surface area (Å²) in [5, 5.41) is 14.7. The highest BCUT2D eigenvalue weighted by Crippen LogP contribution is 2.53. The molecule has 168 valence electrons. The second kappa shape index (κ2) is 8.10. The third kappa shape index (κ3) is 3.66. The first kappa shape index (κ1) is 21.3. The van der Waals surface area contributed by atoms with Gasteiger partial charge in [0.2, 0.25) is 5.91 Å². The van der Waals surface area contributed by atoms with Gasteiger partial charge < -0.3 is 19.8 Å². The van der Waals surface area contributed by atoms with Crippen molar-refractivity contribution in [3.63, 3.8) is 0 Å². The lowest BCUT2D eigenvalue weighted by Crippen LogP contribution is -2.49. The molecule has 7 nitrogen and oxygen atoms in total. The van der Waals surface area contributed by atoms with E-state index in [2.05, 4.69) is 10.1 Å². The molecule has 2 N–H and O–H groups in total. The summed E-state index contributed by atoms with van der Waals surface area (Å²) in [5.74, 6) is -1.34. The minimum absolute atomic E-state index is 0.0734. The van der Waals surface area contributed by atoms with Crippen LogP contribution in [0.5, 0.6) is 0 Å². The number of rotatable bonds is 6. The Balaban J connectivity index is 1.58. The smallest absolute Gasteiger partial charge is 0.348 e. The normalized spacial score (nSPS) is 26.8. The van der Waals surface area contributed by atoms with Crippen molar-refractivity contribution in [1.29, 1.82) is 0 Å². The van der Waals surface area contributed by atoms with Crippen LogP contribution in [0.25, 0.3) is 0 Å². The van der Waals surface area contributed by atoms with Gasteiger partial charge >= 0.3 is 7.52 Å². The number of carbonyl (C=O) groups is 1. The molecule has 0 radical (unpaired) electrons. The number of nitrogens with zero attached hydrogens (tertiary/aromatic N) is 2. The van der Waals surface area contributed by atoms with Crippen molar-refractivity contribution in [2.75, 3.05) is 23.4 Å². The Morgan fingerprint density at radius 1 is 1.28 bits per heavy atom. The van der Waals surface area contributed by atoms with Gasteiger partial charge in [0.25, 0.3) is 0 Å². The Morgan fingerprint density at radius 3 is 2.81 bits per heavy atom. The van der Waals surface area contributed by atoms with Crippen LogP contribution in [0.4, 0.5) is 15.8 Å². The molecule has 1 saturated carbocycles. The van der Waals surface area contributed by atoms with Crippen LogP contribution < -0.4 is 15.5 Å². The maximum absolute atomic E-state index is 14.1. The van der Waals surface area contributed by atoms with Crippen LogP contribution in [-0.4, -0.2) is 30.0 Å². The second-order valence-corrected chi connectivity index (χ2v) is 10.4. The van der Waals surface area contributed by atoms with Crippen molar-refractivity contribution >= 4 is 35.9 Å². The quantitative estimate of drug-likeness (QED) is 0.640. The lowest BCUT2D eigenvalue weighted by atomic mass is 9.87. The average Bonchev–Trinajstić information content (AvgIpc) is 3.59. The predicted molar refractivity (Wildman–Crippen MR) is 121 cm³/mol. The SMILES string of the molecule is CCOP1(=O)N=C(C2C(=O)N(CCC3CC3)c3ccc(F)cc3C2O)Nc2ccccc21. The maximum atomic E-state index is 14.1. The van der Waals surface area contributed by atoms with Crippen LogP contribution >= 0.6 is 7.52 Å². The summed E-state index contributed by atoms with van der Waals surface area (Å²) in [6, 6.07) is 11.0. The standard InChI is InChI=1S/C23H25FN3O4P/c1-2-31-32(30)19-6-4-3-5-17(19)25-22(26-32)20-21(28)16-13-15(24)9-10-18(16)27(23(20)29)12-11-14-7-8-14/h3-6,9-10,13-14,20-21,28H,2,7-8,11-12H2,1H3,(H,25,26,30). The van der Waals surface area contributed by atoms with E-state index in [4.69, 9.17) is 4.52 Å². The topological polar surface area (TPSA) is 91.2 Å².